The van der Waals surface area contributed by atoms with E-state index in [0.29, 0.717) is 34.4 Å². The maximum absolute atomic E-state index is 10.0. The van der Waals surface area contributed by atoms with Crippen LogP contribution in [0.25, 0.3) is 11.2 Å². The molecule has 2 heterocycles. The lowest BCUT2D eigenvalue weighted by molar-refractivity contribution is -0.00580. The molecule has 0 spiro atoms. The molecule has 0 aliphatic heterocycles. The van der Waals surface area contributed by atoms with Crippen molar-refractivity contribution in [3.05, 3.63) is 41.1 Å². The molecular weight excluding hydrogens is 442 g/mol. The maximum atomic E-state index is 10.0. The van der Waals surface area contributed by atoms with E-state index in [1.807, 2.05) is 4.52 Å². The van der Waals surface area contributed by atoms with Gasteiger partial charge in [-0.25, -0.2) is 0 Å². The SMILES string of the molecule is CC(C)CCC[C@@H](C)[C@H]1CC[C@H]2[C@@H]3c4cc(C#N)c5nnnn5c4C4=CC=CC[C@]4(C)[C@H]3CC[C@]12C. The summed E-state index contributed by atoms with van der Waals surface area (Å²) in [5.41, 5.74) is 5.51. The average Bonchev–Trinajstić information content (AvgIpc) is 3.47. The van der Waals surface area contributed by atoms with Crippen molar-refractivity contribution >= 4 is 11.2 Å². The van der Waals surface area contributed by atoms with Gasteiger partial charge in [0, 0.05) is 5.41 Å². The van der Waals surface area contributed by atoms with E-state index in [1.165, 1.54) is 61.8 Å². The molecule has 7 atom stereocenters. The predicted octanol–water partition coefficient (Wildman–Crippen LogP) is 7.35. The van der Waals surface area contributed by atoms with Crippen LogP contribution in [0.15, 0.2) is 24.3 Å². The average molecular weight is 484 g/mol. The Morgan fingerprint density at radius 2 is 1.97 bits per heavy atom. The molecule has 4 aliphatic carbocycles. The fourth-order valence-electron chi connectivity index (χ4n) is 9.31. The topological polar surface area (TPSA) is 66.9 Å². The number of hydrogen-bond donors (Lipinski definition) is 0. The third kappa shape index (κ3) is 3.29. The molecule has 4 aliphatic rings. The minimum absolute atomic E-state index is 0.0851. The number of allylic oxidation sites excluding steroid dienone is 4. The second-order valence-electron chi connectivity index (χ2n) is 13.3. The zero-order chi connectivity index (χ0) is 25.2. The number of pyridine rings is 1. The molecule has 0 radical (unpaired) electrons. The molecule has 0 aromatic carbocycles. The van der Waals surface area contributed by atoms with E-state index in [9.17, 15) is 5.26 Å². The van der Waals surface area contributed by atoms with Crippen molar-refractivity contribution < 1.29 is 0 Å². The van der Waals surface area contributed by atoms with Gasteiger partial charge < -0.3 is 0 Å². The van der Waals surface area contributed by atoms with E-state index in [0.717, 1.165) is 24.2 Å². The first-order valence-electron chi connectivity index (χ1n) is 14.3. The van der Waals surface area contributed by atoms with Crippen LogP contribution < -0.4 is 0 Å². The van der Waals surface area contributed by atoms with Gasteiger partial charge in [-0.15, -0.1) is 5.10 Å². The highest BCUT2D eigenvalue weighted by atomic mass is 15.5. The van der Waals surface area contributed by atoms with E-state index in [1.54, 1.807) is 0 Å². The number of nitrogens with zero attached hydrogens (tertiary/aromatic N) is 5. The van der Waals surface area contributed by atoms with Gasteiger partial charge >= 0.3 is 0 Å². The third-order valence-electron chi connectivity index (χ3n) is 11.1. The minimum atomic E-state index is 0.0851. The molecular formula is C31H41N5. The Morgan fingerprint density at radius 3 is 2.75 bits per heavy atom. The maximum Gasteiger partial charge on any atom is 0.197 e. The molecule has 5 nitrogen and oxygen atoms in total. The summed E-state index contributed by atoms with van der Waals surface area (Å²) < 4.78 is 1.89. The van der Waals surface area contributed by atoms with Gasteiger partial charge in [-0.2, -0.15) is 9.78 Å². The Hall–Kier alpha value is -2.48. The highest BCUT2D eigenvalue weighted by Gasteiger charge is 2.61. The van der Waals surface area contributed by atoms with Crippen molar-refractivity contribution in [2.75, 3.05) is 0 Å². The van der Waals surface area contributed by atoms with Crippen LogP contribution in [0, 0.1) is 51.8 Å². The second-order valence-corrected chi connectivity index (χ2v) is 13.3. The molecule has 2 saturated carbocycles. The Morgan fingerprint density at radius 1 is 1.14 bits per heavy atom. The fraction of sp³-hybridized carbons (Fsp3) is 0.677. The highest BCUT2D eigenvalue weighted by Crippen LogP contribution is 2.70. The van der Waals surface area contributed by atoms with Gasteiger partial charge in [0.25, 0.3) is 0 Å². The van der Waals surface area contributed by atoms with Gasteiger partial charge in [0.05, 0.1) is 11.3 Å². The molecule has 2 fully saturated rings. The molecule has 0 bridgehead atoms. The zero-order valence-electron chi connectivity index (χ0n) is 22.7. The van der Waals surface area contributed by atoms with E-state index in [-0.39, 0.29) is 5.41 Å². The standard InChI is InChI=1S/C31H41N5/c1-19(2)9-8-10-20(3)23-12-13-24-27-22-17-21(18-32)29-33-34-35-36(29)28(22)26-11-6-7-15-30(26,4)25(27)14-16-31(23,24)5/h6-7,11,17,19-20,23-25,27H,8-10,12-16H2,1-5H3/t20-,23-,24+,25+,27+,30-,31-/m1/s1. The van der Waals surface area contributed by atoms with Crippen LogP contribution in [0.4, 0.5) is 0 Å². The van der Waals surface area contributed by atoms with E-state index in [2.05, 4.69) is 80.5 Å². The first-order valence-corrected chi connectivity index (χ1v) is 14.3. The number of rotatable bonds is 5. The Labute approximate surface area is 216 Å². The van der Waals surface area contributed by atoms with Crippen LogP contribution in [0.3, 0.4) is 0 Å². The van der Waals surface area contributed by atoms with Crippen LogP contribution >= 0.6 is 0 Å². The lowest BCUT2D eigenvalue weighted by atomic mass is 9.46. The van der Waals surface area contributed by atoms with Crippen molar-refractivity contribution in [2.24, 2.45) is 40.4 Å². The van der Waals surface area contributed by atoms with Crippen molar-refractivity contribution in [2.45, 2.75) is 91.9 Å². The molecule has 0 N–H and O–H groups in total. The molecule has 190 valence electrons. The van der Waals surface area contributed by atoms with Gasteiger partial charge in [0.1, 0.15) is 6.07 Å². The number of fused-ring (bicyclic) bond motifs is 10. The molecule has 2 aromatic rings. The number of hydrogen-bond acceptors (Lipinski definition) is 4. The molecule has 6 rings (SSSR count). The van der Waals surface area contributed by atoms with E-state index >= 15 is 0 Å². The summed E-state index contributed by atoms with van der Waals surface area (Å²) in [4.78, 5) is 0. The normalized spacial score (nSPS) is 35.5. The van der Waals surface area contributed by atoms with E-state index < -0.39 is 0 Å². The quantitative estimate of drug-likeness (QED) is 0.446. The van der Waals surface area contributed by atoms with Gasteiger partial charge in [-0.1, -0.05) is 72.1 Å². The fourth-order valence-corrected chi connectivity index (χ4v) is 9.31. The van der Waals surface area contributed by atoms with Crippen LogP contribution in [-0.2, 0) is 0 Å². The van der Waals surface area contributed by atoms with Crippen LogP contribution in [0.5, 0.6) is 0 Å². The lowest BCUT2D eigenvalue weighted by Gasteiger charge is -2.58. The molecule has 36 heavy (non-hydrogen) atoms. The van der Waals surface area contributed by atoms with Crippen molar-refractivity contribution in [1.82, 2.24) is 20.0 Å². The van der Waals surface area contributed by atoms with Crippen molar-refractivity contribution in [3.8, 4) is 6.07 Å². The predicted molar refractivity (Wildman–Crippen MR) is 143 cm³/mol. The first-order chi connectivity index (χ1) is 17.3. The summed E-state index contributed by atoms with van der Waals surface area (Å²) in [5.74, 6) is 4.07. The Kier molecular flexibility index (Phi) is 5.67. The summed E-state index contributed by atoms with van der Waals surface area (Å²) in [6.07, 6.45) is 17.2. The molecule has 5 heteroatoms. The Bertz CT molecular complexity index is 1280. The van der Waals surface area contributed by atoms with Crippen LogP contribution in [-0.4, -0.2) is 20.0 Å². The second kappa shape index (κ2) is 8.54. The number of aromatic nitrogens is 4. The number of nitriles is 1. The zero-order valence-corrected chi connectivity index (χ0v) is 22.7. The third-order valence-corrected chi connectivity index (χ3v) is 11.1. The van der Waals surface area contributed by atoms with E-state index in [4.69, 9.17) is 0 Å². The molecule has 0 amide bonds. The van der Waals surface area contributed by atoms with Gasteiger partial charge in [0.15, 0.2) is 5.65 Å². The first kappa shape index (κ1) is 23.9. The lowest BCUT2D eigenvalue weighted by Crippen LogP contribution is -2.49. The van der Waals surface area contributed by atoms with Crippen LogP contribution in [0.2, 0.25) is 0 Å². The van der Waals surface area contributed by atoms with Crippen molar-refractivity contribution in [3.63, 3.8) is 0 Å². The Balaban J connectivity index is 1.46. The van der Waals surface area contributed by atoms with Crippen LogP contribution in [0.1, 0.15) is 109 Å². The summed E-state index contributed by atoms with van der Waals surface area (Å²) in [6.45, 7) is 12.3. The van der Waals surface area contributed by atoms with Crippen molar-refractivity contribution in [1.29, 1.82) is 5.26 Å². The monoisotopic (exact) mass is 483 g/mol. The summed E-state index contributed by atoms with van der Waals surface area (Å²) >= 11 is 0. The minimum Gasteiger partial charge on any atom is -0.192 e. The highest BCUT2D eigenvalue weighted by molar-refractivity contribution is 5.78. The largest absolute Gasteiger partial charge is 0.197 e. The summed E-state index contributed by atoms with van der Waals surface area (Å²) in [5, 5.41) is 22.7. The molecule has 0 saturated heterocycles. The number of tetrazole rings is 1. The summed E-state index contributed by atoms with van der Waals surface area (Å²) in [6, 6.07) is 4.58. The van der Waals surface area contributed by atoms with Gasteiger partial charge in [-0.3, -0.25) is 0 Å². The smallest absolute Gasteiger partial charge is 0.192 e. The molecule has 2 aromatic heterocycles. The van der Waals surface area contributed by atoms with Gasteiger partial charge in [-0.05, 0) is 101 Å². The molecule has 0 unspecified atom stereocenters. The van der Waals surface area contributed by atoms with Gasteiger partial charge in [0.2, 0.25) is 0 Å². The summed E-state index contributed by atoms with van der Waals surface area (Å²) in [7, 11) is 0.